The number of hydrogen-bond donors (Lipinski definition) is 0. The zero-order chi connectivity index (χ0) is 16.1. The SMILES string of the molecule is COC(=O)CCC(=O)N(C)c1nnc(-c2ccc(Cl)nc2)s1. The number of amides is 1. The van der Waals surface area contributed by atoms with Crippen molar-refractivity contribution >= 4 is 39.9 Å². The van der Waals surface area contributed by atoms with E-state index in [1.807, 2.05) is 0 Å². The van der Waals surface area contributed by atoms with Crippen LogP contribution in [0.1, 0.15) is 12.8 Å². The standard InChI is InChI=1S/C13H13ClN4O3S/c1-18(10(19)5-6-11(20)21-2)13-17-16-12(22-13)8-3-4-9(14)15-7-8/h3-4,7H,5-6H2,1-2H3. The summed E-state index contributed by atoms with van der Waals surface area (Å²) in [6, 6.07) is 3.43. The molecule has 0 N–H and O–H groups in total. The fourth-order valence-electron chi connectivity index (χ4n) is 1.56. The molecule has 9 heteroatoms. The van der Waals surface area contributed by atoms with Crippen LogP contribution in [-0.4, -0.2) is 41.2 Å². The average Bonchev–Trinajstić information content (AvgIpc) is 3.02. The summed E-state index contributed by atoms with van der Waals surface area (Å²) in [5, 5.41) is 9.48. The molecule has 0 fully saturated rings. The van der Waals surface area contributed by atoms with E-state index in [0.717, 1.165) is 5.56 Å². The third-order valence-electron chi connectivity index (χ3n) is 2.82. The van der Waals surface area contributed by atoms with Gasteiger partial charge in [-0.25, -0.2) is 4.98 Å². The van der Waals surface area contributed by atoms with Gasteiger partial charge in [-0.1, -0.05) is 22.9 Å². The minimum Gasteiger partial charge on any atom is -0.469 e. The van der Waals surface area contributed by atoms with Crippen LogP contribution in [0, 0.1) is 0 Å². The highest BCUT2D eigenvalue weighted by Crippen LogP contribution is 2.28. The number of pyridine rings is 1. The number of rotatable bonds is 5. The number of methoxy groups -OCH3 is 1. The van der Waals surface area contributed by atoms with E-state index < -0.39 is 5.97 Å². The van der Waals surface area contributed by atoms with Crippen LogP contribution in [0.5, 0.6) is 0 Å². The molecule has 0 aliphatic rings. The van der Waals surface area contributed by atoms with E-state index in [0.29, 0.717) is 15.3 Å². The molecule has 0 atom stereocenters. The fourth-order valence-corrected chi connectivity index (χ4v) is 2.48. The summed E-state index contributed by atoms with van der Waals surface area (Å²) in [4.78, 5) is 28.4. The van der Waals surface area contributed by atoms with Crippen molar-refractivity contribution in [3.8, 4) is 10.6 Å². The van der Waals surface area contributed by atoms with Crippen molar-refractivity contribution in [2.45, 2.75) is 12.8 Å². The molecule has 1 amide bonds. The summed E-state index contributed by atoms with van der Waals surface area (Å²) in [7, 11) is 2.87. The molecule has 22 heavy (non-hydrogen) atoms. The number of carbonyl (C=O) groups excluding carboxylic acids is 2. The van der Waals surface area contributed by atoms with Gasteiger partial charge in [0.2, 0.25) is 11.0 Å². The predicted octanol–water partition coefficient (Wildman–Crippen LogP) is 2.17. The highest BCUT2D eigenvalue weighted by molar-refractivity contribution is 7.18. The third-order valence-corrected chi connectivity index (χ3v) is 4.09. The van der Waals surface area contributed by atoms with Crippen LogP contribution in [0.25, 0.3) is 10.6 Å². The lowest BCUT2D eigenvalue weighted by molar-refractivity contribution is -0.141. The first-order chi connectivity index (χ1) is 10.5. The first kappa shape index (κ1) is 16.3. The number of carbonyl (C=O) groups is 2. The summed E-state index contributed by atoms with van der Waals surface area (Å²) in [5.41, 5.74) is 0.767. The highest BCUT2D eigenvalue weighted by Gasteiger charge is 2.17. The zero-order valence-electron chi connectivity index (χ0n) is 11.9. The van der Waals surface area contributed by atoms with Crippen LogP contribution in [0.2, 0.25) is 5.15 Å². The number of anilines is 1. The molecule has 7 nitrogen and oxygen atoms in total. The Morgan fingerprint density at radius 2 is 2.09 bits per heavy atom. The number of hydrogen-bond acceptors (Lipinski definition) is 7. The Morgan fingerprint density at radius 3 is 2.73 bits per heavy atom. The summed E-state index contributed by atoms with van der Waals surface area (Å²) < 4.78 is 4.50. The normalized spacial score (nSPS) is 10.3. The molecular formula is C13H13ClN4O3S. The molecule has 0 saturated carbocycles. The Morgan fingerprint density at radius 1 is 1.32 bits per heavy atom. The maximum atomic E-state index is 12.0. The van der Waals surface area contributed by atoms with Crippen LogP contribution < -0.4 is 4.90 Å². The average molecular weight is 341 g/mol. The summed E-state index contributed by atoms with van der Waals surface area (Å²) in [6.45, 7) is 0. The molecule has 2 rings (SSSR count). The van der Waals surface area contributed by atoms with Crippen molar-refractivity contribution in [1.82, 2.24) is 15.2 Å². The molecule has 0 saturated heterocycles. The fraction of sp³-hybridized carbons (Fsp3) is 0.308. The van der Waals surface area contributed by atoms with Gasteiger partial charge in [-0.3, -0.25) is 14.5 Å². The van der Waals surface area contributed by atoms with Gasteiger partial charge in [-0.15, -0.1) is 10.2 Å². The molecular weight excluding hydrogens is 328 g/mol. The van der Waals surface area contributed by atoms with Gasteiger partial charge in [0.25, 0.3) is 0 Å². The maximum absolute atomic E-state index is 12.0. The second-order valence-corrected chi connectivity index (χ2v) is 5.63. The number of nitrogens with zero attached hydrogens (tertiary/aromatic N) is 4. The van der Waals surface area contributed by atoms with Crippen LogP contribution in [0.15, 0.2) is 18.3 Å². The van der Waals surface area contributed by atoms with Crippen molar-refractivity contribution in [2.75, 3.05) is 19.1 Å². The van der Waals surface area contributed by atoms with Gasteiger partial charge < -0.3 is 4.74 Å². The second-order valence-electron chi connectivity index (χ2n) is 4.29. The molecule has 0 bridgehead atoms. The first-order valence-corrected chi connectivity index (χ1v) is 7.49. The lowest BCUT2D eigenvalue weighted by atomic mass is 10.3. The van der Waals surface area contributed by atoms with Crippen LogP contribution in [0.4, 0.5) is 5.13 Å². The van der Waals surface area contributed by atoms with E-state index in [-0.39, 0.29) is 18.7 Å². The van der Waals surface area contributed by atoms with E-state index in [1.165, 1.54) is 23.3 Å². The van der Waals surface area contributed by atoms with Crippen molar-refractivity contribution < 1.29 is 14.3 Å². The summed E-state index contributed by atoms with van der Waals surface area (Å²) in [6.07, 6.45) is 1.68. The molecule has 0 aromatic carbocycles. The monoisotopic (exact) mass is 340 g/mol. The topological polar surface area (TPSA) is 85.3 Å². The molecule has 0 radical (unpaired) electrons. The van der Waals surface area contributed by atoms with E-state index in [9.17, 15) is 9.59 Å². The lowest BCUT2D eigenvalue weighted by Crippen LogP contribution is -2.26. The van der Waals surface area contributed by atoms with Crippen LogP contribution in [0.3, 0.4) is 0 Å². The molecule has 116 valence electrons. The second kappa shape index (κ2) is 7.28. The van der Waals surface area contributed by atoms with Gasteiger partial charge in [-0.05, 0) is 12.1 Å². The molecule has 2 aromatic heterocycles. The quantitative estimate of drug-likeness (QED) is 0.612. The molecule has 0 aliphatic carbocycles. The minimum atomic E-state index is -0.424. The van der Waals surface area contributed by atoms with Gasteiger partial charge >= 0.3 is 5.97 Å². The third kappa shape index (κ3) is 3.99. The van der Waals surface area contributed by atoms with E-state index in [2.05, 4.69) is 19.9 Å². The molecule has 2 heterocycles. The number of halogens is 1. The van der Waals surface area contributed by atoms with Crippen molar-refractivity contribution in [3.63, 3.8) is 0 Å². The summed E-state index contributed by atoms with van der Waals surface area (Å²) in [5.74, 6) is -0.658. The zero-order valence-corrected chi connectivity index (χ0v) is 13.5. The Labute approximate surface area is 135 Å². The van der Waals surface area contributed by atoms with Gasteiger partial charge in [0.05, 0.1) is 13.5 Å². The number of esters is 1. The van der Waals surface area contributed by atoms with E-state index in [1.54, 1.807) is 25.4 Å². The largest absolute Gasteiger partial charge is 0.469 e. The molecule has 0 aliphatic heterocycles. The molecule has 2 aromatic rings. The number of aromatic nitrogens is 3. The smallest absolute Gasteiger partial charge is 0.306 e. The van der Waals surface area contributed by atoms with Gasteiger partial charge in [-0.2, -0.15) is 0 Å². The van der Waals surface area contributed by atoms with Gasteiger partial charge in [0.15, 0.2) is 5.01 Å². The first-order valence-electron chi connectivity index (χ1n) is 6.30. The lowest BCUT2D eigenvalue weighted by Gasteiger charge is -2.12. The predicted molar refractivity (Wildman–Crippen MR) is 82.8 cm³/mol. The van der Waals surface area contributed by atoms with E-state index in [4.69, 9.17) is 11.6 Å². The van der Waals surface area contributed by atoms with E-state index >= 15 is 0 Å². The Hall–Kier alpha value is -2.06. The summed E-state index contributed by atoms with van der Waals surface area (Å²) >= 11 is 6.99. The van der Waals surface area contributed by atoms with Gasteiger partial charge in [0, 0.05) is 25.2 Å². The van der Waals surface area contributed by atoms with Crippen LogP contribution in [-0.2, 0) is 14.3 Å². The van der Waals surface area contributed by atoms with Gasteiger partial charge in [0.1, 0.15) is 5.15 Å². The Balaban J connectivity index is 2.05. The maximum Gasteiger partial charge on any atom is 0.306 e. The van der Waals surface area contributed by atoms with Crippen molar-refractivity contribution in [1.29, 1.82) is 0 Å². The Kier molecular flexibility index (Phi) is 5.40. The molecule has 0 unspecified atom stereocenters. The highest BCUT2D eigenvalue weighted by atomic mass is 35.5. The van der Waals surface area contributed by atoms with Crippen molar-refractivity contribution in [3.05, 3.63) is 23.5 Å². The Bertz CT molecular complexity index is 674. The number of ether oxygens (including phenoxy) is 1. The minimum absolute atomic E-state index is 0.0342. The van der Waals surface area contributed by atoms with Crippen LogP contribution >= 0.6 is 22.9 Å². The molecule has 0 spiro atoms. The van der Waals surface area contributed by atoms with Crippen molar-refractivity contribution in [2.24, 2.45) is 0 Å².